The summed E-state index contributed by atoms with van der Waals surface area (Å²) >= 11 is 1.26. The van der Waals surface area contributed by atoms with Gasteiger partial charge in [0.2, 0.25) is 0 Å². The van der Waals surface area contributed by atoms with Crippen LogP contribution >= 0.6 is 11.3 Å². The lowest BCUT2D eigenvalue weighted by molar-refractivity contribution is -0.132. The monoisotopic (exact) mass is 448 g/mol. The van der Waals surface area contributed by atoms with Gasteiger partial charge in [-0.1, -0.05) is 62.2 Å². The molecule has 164 valence electrons. The fraction of sp³-hybridized carbons (Fsp3) is 0.240. The van der Waals surface area contributed by atoms with E-state index in [0.29, 0.717) is 28.6 Å². The standard InChI is InChI=1S/C25H24N2O4S/c1-2-3-7-14-31-19-12-8-11-18(16-19)21-20(22(28)17-9-5-4-6-10-17)23(29)24(30)27(21)25-26-13-15-32-25/h4-6,8-13,15-16,21,28H,2-3,7,14H2,1H3. The van der Waals surface area contributed by atoms with Crippen LogP contribution in [-0.4, -0.2) is 28.4 Å². The Morgan fingerprint density at radius 3 is 2.66 bits per heavy atom. The summed E-state index contributed by atoms with van der Waals surface area (Å²) in [6.07, 6.45) is 4.72. The summed E-state index contributed by atoms with van der Waals surface area (Å²) in [5.41, 5.74) is 1.19. The van der Waals surface area contributed by atoms with Crippen molar-refractivity contribution in [3.63, 3.8) is 0 Å². The molecule has 0 bridgehead atoms. The first-order valence-electron chi connectivity index (χ1n) is 10.6. The van der Waals surface area contributed by atoms with Crippen molar-refractivity contribution in [1.82, 2.24) is 4.98 Å². The molecule has 1 aromatic heterocycles. The number of carbonyl (C=O) groups excluding carboxylic acids is 2. The molecule has 1 amide bonds. The third-order valence-electron chi connectivity index (χ3n) is 5.31. The van der Waals surface area contributed by atoms with Crippen molar-refractivity contribution in [2.75, 3.05) is 11.5 Å². The molecular weight excluding hydrogens is 424 g/mol. The van der Waals surface area contributed by atoms with Gasteiger partial charge in [-0.3, -0.25) is 14.5 Å². The number of hydrogen-bond donors (Lipinski definition) is 1. The lowest BCUT2D eigenvalue weighted by Crippen LogP contribution is -2.29. The molecule has 1 aliphatic rings. The summed E-state index contributed by atoms with van der Waals surface area (Å²) in [6, 6.07) is 15.3. The Kier molecular flexibility index (Phi) is 6.66. The van der Waals surface area contributed by atoms with Gasteiger partial charge >= 0.3 is 5.91 Å². The Balaban J connectivity index is 1.79. The molecule has 2 aromatic carbocycles. The molecule has 1 fully saturated rings. The number of nitrogens with zero attached hydrogens (tertiary/aromatic N) is 2. The lowest BCUT2D eigenvalue weighted by Gasteiger charge is -2.23. The van der Waals surface area contributed by atoms with Crippen LogP contribution in [0.4, 0.5) is 5.13 Å². The van der Waals surface area contributed by atoms with Crippen molar-refractivity contribution < 1.29 is 19.4 Å². The zero-order valence-electron chi connectivity index (χ0n) is 17.7. The van der Waals surface area contributed by atoms with E-state index >= 15 is 0 Å². The maximum Gasteiger partial charge on any atom is 0.301 e. The second-order valence-electron chi connectivity index (χ2n) is 7.48. The van der Waals surface area contributed by atoms with Crippen molar-refractivity contribution in [2.24, 2.45) is 0 Å². The predicted octanol–water partition coefficient (Wildman–Crippen LogP) is 5.34. The Labute approximate surface area is 190 Å². The quantitative estimate of drug-likeness (QED) is 0.218. The number of benzene rings is 2. The fourth-order valence-corrected chi connectivity index (χ4v) is 4.42. The van der Waals surface area contributed by atoms with Crippen LogP contribution < -0.4 is 9.64 Å². The number of aliphatic hydroxyl groups excluding tert-OH is 1. The molecule has 4 rings (SSSR count). The summed E-state index contributed by atoms with van der Waals surface area (Å²) in [6.45, 7) is 2.73. The average molecular weight is 449 g/mol. The SMILES string of the molecule is CCCCCOc1cccc(C2C(=C(O)c3ccccc3)C(=O)C(=O)N2c2nccs2)c1. The highest BCUT2D eigenvalue weighted by Gasteiger charge is 2.48. The van der Waals surface area contributed by atoms with E-state index in [1.54, 1.807) is 35.8 Å². The van der Waals surface area contributed by atoms with Crippen molar-refractivity contribution >= 4 is 33.9 Å². The van der Waals surface area contributed by atoms with Crippen molar-refractivity contribution in [3.8, 4) is 5.75 Å². The van der Waals surface area contributed by atoms with Crippen LogP contribution in [0.2, 0.25) is 0 Å². The number of Topliss-reactive ketones (excluding diaryl/α,β-unsaturated/α-hetero) is 1. The Hall–Kier alpha value is -3.45. The number of thiazole rings is 1. The number of amides is 1. The van der Waals surface area contributed by atoms with E-state index in [0.717, 1.165) is 19.3 Å². The molecule has 0 saturated carbocycles. The highest BCUT2D eigenvalue weighted by molar-refractivity contribution is 7.14. The second kappa shape index (κ2) is 9.78. The first-order chi connectivity index (χ1) is 15.6. The van der Waals surface area contributed by atoms with Gasteiger partial charge in [-0.2, -0.15) is 0 Å². The molecule has 1 aliphatic heterocycles. The summed E-state index contributed by atoms with van der Waals surface area (Å²) in [7, 11) is 0. The number of aliphatic hydroxyl groups is 1. The van der Waals surface area contributed by atoms with Crippen LogP contribution in [0.1, 0.15) is 43.4 Å². The normalized spacial score (nSPS) is 17.7. The number of unbranched alkanes of at least 4 members (excludes halogenated alkanes) is 2. The number of hydrogen-bond acceptors (Lipinski definition) is 6. The van der Waals surface area contributed by atoms with E-state index < -0.39 is 17.7 Å². The minimum Gasteiger partial charge on any atom is -0.507 e. The smallest absolute Gasteiger partial charge is 0.301 e. The molecule has 0 aliphatic carbocycles. The molecule has 7 heteroatoms. The maximum absolute atomic E-state index is 13.1. The van der Waals surface area contributed by atoms with Gasteiger partial charge in [0.1, 0.15) is 11.5 Å². The Bertz CT molecular complexity index is 1130. The summed E-state index contributed by atoms with van der Waals surface area (Å²) in [5, 5.41) is 13.2. The molecule has 1 unspecified atom stereocenters. The van der Waals surface area contributed by atoms with E-state index in [4.69, 9.17) is 4.74 Å². The molecule has 1 atom stereocenters. The number of carbonyl (C=O) groups is 2. The summed E-state index contributed by atoms with van der Waals surface area (Å²) < 4.78 is 5.89. The minimum absolute atomic E-state index is 0.0412. The number of aromatic nitrogens is 1. The molecule has 32 heavy (non-hydrogen) atoms. The third-order valence-corrected chi connectivity index (χ3v) is 6.08. The Morgan fingerprint density at radius 1 is 1.12 bits per heavy atom. The highest BCUT2D eigenvalue weighted by Crippen LogP contribution is 2.43. The predicted molar refractivity (Wildman–Crippen MR) is 125 cm³/mol. The molecule has 1 saturated heterocycles. The minimum atomic E-state index is -0.805. The fourth-order valence-electron chi connectivity index (χ4n) is 3.75. The van der Waals surface area contributed by atoms with Crippen molar-refractivity contribution in [2.45, 2.75) is 32.2 Å². The summed E-state index contributed by atoms with van der Waals surface area (Å²) in [5.74, 6) is -0.997. The third kappa shape index (κ3) is 4.29. The molecule has 3 aromatic rings. The van der Waals surface area contributed by atoms with Crippen molar-refractivity contribution in [3.05, 3.63) is 82.9 Å². The summed E-state index contributed by atoms with van der Waals surface area (Å²) in [4.78, 5) is 31.7. The number of anilines is 1. The van der Waals surface area contributed by atoms with Gasteiger partial charge < -0.3 is 9.84 Å². The van der Waals surface area contributed by atoms with E-state index in [2.05, 4.69) is 11.9 Å². The van der Waals surface area contributed by atoms with Gasteiger partial charge in [0.15, 0.2) is 5.13 Å². The van der Waals surface area contributed by atoms with Gasteiger partial charge in [-0.05, 0) is 24.1 Å². The first kappa shape index (κ1) is 21.8. The maximum atomic E-state index is 13.1. The van der Waals surface area contributed by atoms with Gasteiger partial charge in [0.05, 0.1) is 18.2 Å². The van der Waals surface area contributed by atoms with Gasteiger partial charge in [0, 0.05) is 17.1 Å². The van der Waals surface area contributed by atoms with Crippen LogP contribution in [0.3, 0.4) is 0 Å². The lowest BCUT2D eigenvalue weighted by atomic mass is 9.95. The van der Waals surface area contributed by atoms with Gasteiger partial charge in [0.25, 0.3) is 5.78 Å². The van der Waals surface area contributed by atoms with E-state index in [-0.39, 0.29) is 11.3 Å². The number of ether oxygens (including phenoxy) is 1. The van der Waals surface area contributed by atoms with Crippen molar-refractivity contribution in [1.29, 1.82) is 0 Å². The van der Waals surface area contributed by atoms with Crippen LogP contribution in [0, 0.1) is 0 Å². The molecular formula is C25H24N2O4S. The van der Waals surface area contributed by atoms with E-state index in [1.807, 2.05) is 30.3 Å². The Morgan fingerprint density at radius 2 is 1.94 bits per heavy atom. The highest BCUT2D eigenvalue weighted by atomic mass is 32.1. The molecule has 0 radical (unpaired) electrons. The van der Waals surface area contributed by atoms with Crippen LogP contribution in [0.5, 0.6) is 5.75 Å². The van der Waals surface area contributed by atoms with Gasteiger partial charge in [-0.15, -0.1) is 11.3 Å². The van der Waals surface area contributed by atoms with E-state index in [1.165, 1.54) is 16.2 Å². The topological polar surface area (TPSA) is 79.7 Å². The average Bonchev–Trinajstić information content (AvgIpc) is 3.44. The zero-order chi connectivity index (χ0) is 22.5. The number of rotatable bonds is 8. The molecule has 1 N–H and O–H groups in total. The van der Waals surface area contributed by atoms with Gasteiger partial charge in [-0.25, -0.2) is 4.98 Å². The zero-order valence-corrected chi connectivity index (χ0v) is 18.5. The van der Waals surface area contributed by atoms with Crippen LogP contribution in [0.15, 0.2) is 71.7 Å². The molecule has 6 nitrogen and oxygen atoms in total. The first-order valence-corrected chi connectivity index (χ1v) is 11.5. The second-order valence-corrected chi connectivity index (χ2v) is 8.35. The van der Waals surface area contributed by atoms with Crippen LogP contribution in [-0.2, 0) is 9.59 Å². The van der Waals surface area contributed by atoms with E-state index in [9.17, 15) is 14.7 Å². The molecule has 2 heterocycles. The van der Waals surface area contributed by atoms with Crippen LogP contribution in [0.25, 0.3) is 5.76 Å². The number of ketones is 1. The largest absolute Gasteiger partial charge is 0.507 e. The molecule has 0 spiro atoms.